The molecule has 2 aromatic rings. The molecule has 15 heavy (non-hydrogen) atoms. The normalized spacial score (nSPS) is 13.0. The molecule has 3 N–H and O–H groups in total. The van der Waals surface area contributed by atoms with Crippen molar-refractivity contribution in [3.05, 3.63) is 43.2 Å². The minimum Gasteiger partial charge on any atom is -0.271 e. The Morgan fingerprint density at radius 1 is 1.40 bits per heavy atom. The fourth-order valence-electron chi connectivity index (χ4n) is 1.47. The molecule has 2 aromatic heterocycles. The number of nitrogens with one attached hydrogen (secondary N) is 1. The van der Waals surface area contributed by atoms with Crippen LogP contribution in [0.2, 0.25) is 4.34 Å². The van der Waals surface area contributed by atoms with Gasteiger partial charge in [-0.05, 0) is 40.9 Å². The minimum absolute atomic E-state index is 0.0498. The fourth-order valence-corrected chi connectivity index (χ4v) is 3.49. The lowest BCUT2D eigenvalue weighted by Crippen LogP contribution is -2.28. The molecule has 5 heteroatoms. The zero-order valence-corrected chi connectivity index (χ0v) is 10.5. The molecule has 0 aromatic carbocycles. The highest BCUT2D eigenvalue weighted by Gasteiger charge is 2.16. The molecule has 2 nitrogen and oxygen atoms in total. The van der Waals surface area contributed by atoms with Crippen molar-refractivity contribution in [2.75, 3.05) is 0 Å². The summed E-state index contributed by atoms with van der Waals surface area (Å²) in [6.07, 6.45) is 0. The first-order valence-electron chi connectivity index (χ1n) is 4.46. The molecule has 0 amide bonds. The molecule has 2 rings (SSSR count). The molecule has 80 valence electrons. The van der Waals surface area contributed by atoms with Crippen molar-refractivity contribution in [3.8, 4) is 0 Å². The number of thiophene rings is 2. The van der Waals surface area contributed by atoms with Gasteiger partial charge in [0.1, 0.15) is 0 Å². The van der Waals surface area contributed by atoms with E-state index >= 15 is 0 Å². The molecule has 1 atom stereocenters. The number of hydrogen-bond acceptors (Lipinski definition) is 4. The van der Waals surface area contributed by atoms with E-state index in [0.29, 0.717) is 0 Å². The second kappa shape index (κ2) is 4.63. The highest BCUT2D eigenvalue weighted by Crippen LogP contribution is 2.33. The standard InChI is InChI=1S/C10H11ClN2S2/c1-6-4-14-5-7(6)10(13-12)8-2-3-9(11)15-8/h2-5,10,13H,12H2,1H3. The van der Waals surface area contributed by atoms with Crippen molar-refractivity contribution in [1.82, 2.24) is 5.43 Å². The number of hydrogen-bond donors (Lipinski definition) is 2. The topological polar surface area (TPSA) is 38.0 Å². The summed E-state index contributed by atoms with van der Waals surface area (Å²) in [6, 6.07) is 3.95. The lowest BCUT2D eigenvalue weighted by Gasteiger charge is -2.13. The molecule has 0 spiro atoms. The van der Waals surface area contributed by atoms with Crippen LogP contribution in [-0.4, -0.2) is 0 Å². The third-order valence-electron chi connectivity index (χ3n) is 2.25. The van der Waals surface area contributed by atoms with Crippen LogP contribution in [0.15, 0.2) is 22.9 Å². The Morgan fingerprint density at radius 3 is 2.67 bits per heavy atom. The Kier molecular flexibility index (Phi) is 3.43. The number of halogens is 1. The van der Waals surface area contributed by atoms with Crippen LogP contribution in [0.1, 0.15) is 22.0 Å². The molecule has 0 aliphatic heterocycles. The molecule has 0 aliphatic carbocycles. The Morgan fingerprint density at radius 2 is 2.20 bits per heavy atom. The average Bonchev–Trinajstić information content (AvgIpc) is 2.79. The summed E-state index contributed by atoms with van der Waals surface area (Å²) in [7, 11) is 0. The van der Waals surface area contributed by atoms with Gasteiger partial charge in [0.05, 0.1) is 10.4 Å². The van der Waals surface area contributed by atoms with Gasteiger partial charge in [-0.25, -0.2) is 5.43 Å². The van der Waals surface area contributed by atoms with E-state index in [2.05, 4.69) is 23.1 Å². The van der Waals surface area contributed by atoms with E-state index < -0.39 is 0 Å². The summed E-state index contributed by atoms with van der Waals surface area (Å²) in [6.45, 7) is 2.09. The first-order chi connectivity index (χ1) is 7.22. The first kappa shape index (κ1) is 11.1. The minimum atomic E-state index is 0.0498. The van der Waals surface area contributed by atoms with Crippen LogP contribution in [0.5, 0.6) is 0 Å². The van der Waals surface area contributed by atoms with Crippen molar-refractivity contribution in [2.24, 2.45) is 5.84 Å². The zero-order valence-electron chi connectivity index (χ0n) is 8.16. The summed E-state index contributed by atoms with van der Waals surface area (Å²) in [5.74, 6) is 5.59. The quantitative estimate of drug-likeness (QED) is 0.655. The van der Waals surface area contributed by atoms with Crippen molar-refractivity contribution >= 4 is 34.3 Å². The fraction of sp³-hybridized carbons (Fsp3) is 0.200. The van der Waals surface area contributed by atoms with Crippen molar-refractivity contribution < 1.29 is 0 Å². The van der Waals surface area contributed by atoms with Crippen molar-refractivity contribution in [3.63, 3.8) is 0 Å². The second-order valence-corrected chi connectivity index (χ2v) is 5.74. The van der Waals surface area contributed by atoms with Gasteiger partial charge in [-0.1, -0.05) is 11.6 Å². The maximum absolute atomic E-state index is 5.92. The van der Waals surface area contributed by atoms with Gasteiger partial charge >= 0.3 is 0 Å². The van der Waals surface area contributed by atoms with Gasteiger partial charge in [0, 0.05) is 4.88 Å². The molecule has 0 saturated heterocycles. The van der Waals surface area contributed by atoms with E-state index in [1.165, 1.54) is 11.1 Å². The van der Waals surface area contributed by atoms with Crippen molar-refractivity contribution in [2.45, 2.75) is 13.0 Å². The predicted molar refractivity (Wildman–Crippen MR) is 67.6 cm³/mol. The van der Waals surface area contributed by atoms with E-state index in [1.807, 2.05) is 12.1 Å². The third kappa shape index (κ3) is 2.24. The SMILES string of the molecule is Cc1cscc1C(NN)c1ccc(Cl)s1. The van der Waals surface area contributed by atoms with Gasteiger partial charge in [-0.15, -0.1) is 11.3 Å². The van der Waals surface area contributed by atoms with Crippen LogP contribution in [0.4, 0.5) is 0 Å². The van der Waals surface area contributed by atoms with E-state index in [0.717, 1.165) is 9.21 Å². The summed E-state index contributed by atoms with van der Waals surface area (Å²) < 4.78 is 0.790. The van der Waals surface area contributed by atoms with Gasteiger partial charge in [0.15, 0.2) is 0 Å². The Hall–Kier alpha value is -0.390. The molecule has 0 fully saturated rings. The predicted octanol–water partition coefficient (Wildman–Crippen LogP) is 3.32. The number of rotatable bonds is 3. The molecule has 1 unspecified atom stereocenters. The van der Waals surface area contributed by atoms with Crippen LogP contribution >= 0.6 is 34.3 Å². The molecule has 0 radical (unpaired) electrons. The van der Waals surface area contributed by atoms with Gasteiger partial charge in [-0.2, -0.15) is 11.3 Å². The lowest BCUT2D eigenvalue weighted by molar-refractivity contribution is 0.645. The van der Waals surface area contributed by atoms with Gasteiger partial charge in [-0.3, -0.25) is 5.84 Å². The number of nitrogens with two attached hydrogens (primary N) is 1. The Bertz CT molecular complexity index is 450. The van der Waals surface area contributed by atoms with Gasteiger partial charge in [0.2, 0.25) is 0 Å². The Balaban J connectivity index is 2.36. The largest absolute Gasteiger partial charge is 0.271 e. The lowest BCUT2D eigenvalue weighted by atomic mass is 10.1. The summed E-state index contributed by atoms with van der Waals surface area (Å²) in [5, 5.41) is 4.24. The molecule has 0 aliphatic rings. The zero-order chi connectivity index (χ0) is 10.8. The van der Waals surface area contributed by atoms with E-state index in [9.17, 15) is 0 Å². The van der Waals surface area contributed by atoms with E-state index in [4.69, 9.17) is 17.4 Å². The molecule has 0 bridgehead atoms. The van der Waals surface area contributed by atoms with Crippen LogP contribution in [0.3, 0.4) is 0 Å². The van der Waals surface area contributed by atoms with E-state index in [1.54, 1.807) is 22.7 Å². The highest BCUT2D eigenvalue weighted by atomic mass is 35.5. The second-order valence-electron chi connectivity index (χ2n) is 3.25. The van der Waals surface area contributed by atoms with Gasteiger partial charge < -0.3 is 0 Å². The molecule has 2 heterocycles. The van der Waals surface area contributed by atoms with Crippen molar-refractivity contribution in [1.29, 1.82) is 0 Å². The van der Waals surface area contributed by atoms with E-state index in [-0.39, 0.29) is 6.04 Å². The van der Waals surface area contributed by atoms with Crippen LogP contribution < -0.4 is 11.3 Å². The average molecular weight is 259 g/mol. The Labute approximate surface area is 102 Å². The van der Waals surface area contributed by atoms with Crippen LogP contribution in [0.25, 0.3) is 0 Å². The summed E-state index contributed by atoms with van der Waals surface area (Å²) >= 11 is 9.16. The number of aryl methyl sites for hydroxylation is 1. The molecular weight excluding hydrogens is 248 g/mol. The maximum Gasteiger partial charge on any atom is 0.0931 e. The molecule has 0 saturated carbocycles. The van der Waals surface area contributed by atoms with Crippen LogP contribution in [0, 0.1) is 6.92 Å². The van der Waals surface area contributed by atoms with Gasteiger partial charge in [0.25, 0.3) is 0 Å². The van der Waals surface area contributed by atoms with Crippen LogP contribution in [-0.2, 0) is 0 Å². The summed E-state index contributed by atoms with van der Waals surface area (Å²) in [4.78, 5) is 1.14. The smallest absolute Gasteiger partial charge is 0.0931 e. The number of hydrazine groups is 1. The third-order valence-corrected chi connectivity index (χ3v) is 4.43. The summed E-state index contributed by atoms with van der Waals surface area (Å²) in [5.41, 5.74) is 5.31. The highest BCUT2D eigenvalue weighted by molar-refractivity contribution is 7.16. The monoisotopic (exact) mass is 258 g/mol. The maximum atomic E-state index is 5.92. The molecular formula is C10H11ClN2S2. The first-order valence-corrected chi connectivity index (χ1v) is 6.60.